The van der Waals surface area contributed by atoms with Gasteiger partial charge in [0.05, 0.1) is 6.54 Å². The van der Waals surface area contributed by atoms with Crippen molar-refractivity contribution >= 4 is 29.4 Å². The molecule has 1 aliphatic rings. The number of likely N-dealkylation sites (N-methyl/N-ethyl adjacent to an activating group) is 2. The van der Waals surface area contributed by atoms with Gasteiger partial charge >= 0.3 is 6.03 Å². The fourth-order valence-corrected chi connectivity index (χ4v) is 4.66. The Morgan fingerprint density at radius 3 is 2.36 bits per heavy atom. The smallest absolute Gasteiger partial charge is 0.333 e. The van der Waals surface area contributed by atoms with Crippen LogP contribution in [0, 0.1) is 0 Å². The Labute approximate surface area is 233 Å². The van der Waals surface area contributed by atoms with Gasteiger partial charge in [-0.15, -0.1) is 0 Å². The predicted octanol–water partition coefficient (Wildman–Crippen LogP) is 3.47. The predicted molar refractivity (Wildman–Crippen MR) is 148 cm³/mol. The van der Waals surface area contributed by atoms with E-state index in [0.29, 0.717) is 11.6 Å². The van der Waals surface area contributed by atoms with E-state index in [1.165, 1.54) is 14.8 Å². The molecule has 0 bridgehead atoms. The molecule has 1 saturated heterocycles. The van der Waals surface area contributed by atoms with E-state index >= 15 is 0 Å². The summed E-state index contributed by atoms with van der Waals surface area (Å²) in [7, 11) is 3.33. The Morgan fingerprint density at radius 2 is 1.67 bits per heavy atom. The van der Waals surface area contributed by atoms with Crippen molar-refractivity contribution < 1.29 is 19.5 Å². The number of halogens is 1. The number of nitrogens with zero attached hydrogens (tertiary/aromatic N) is 4. The largest absolute Gasteiger partial charge is 0.508 e. The summed E-state index contributed by atoms with van der Waals surface area (Å²) >= 11 is 6.33. The minimum absolute atomic E-state index is 0.0632. The maximum Gasteiger partial charge on any atom is 0.333 e. The second kappa shape index (κ2) is 12.6. The highest BCUT2D eigenvalue weighted by atomic mass is 35.5. The molecule has 0 spiro atoms. The molecule has 0 saturated carbocycles. The number of carbonyl (C=O) groups excluding carboxylic acids is 3. The molecule has 9 nitrogen and oxygen atoms in total. The molecule has 39 heavy (non-hydrogen) atoms. The Kier molecular flexibility index (Phi) is 9.06. The van der Waals surface area contributed by atoms with Gasteiger partial charge in [0, 0.05) is 38.6 Å². The second-order valence-corrected chi connectivity index (χ2v) is 9.94. The summed E-state index contributed by atoms with van der Waals surface area (Å²) in [6.45, 7) is 0.429. The first-order chi connectivity index (χ1) is 18.7. The molecule has 3 aromatic carbocycles. The van der Waals surface area contributed by atoms with Crippen LogP contribution in [-0.2, 0) is 29.1 Å². The second-order valence-electron chi connectivity index (χ2n) is 9.54. The Bertz CT molecular complexity index is 1300. The summed E-state index contributed by atoms with van der Waals surface area (Å²) in [5, 5.41) is 16.1. The number of phenols is 1. The average molecular weight is 550 g/mol. The lowest BCUT2D eigenvalue weighted by molar-refractivity contribution is -0.160. The van der Waals surface area contributed by atoms with E-state index < -0.39 is 6.04 Å². The zero-order valence-electron chi connectivity index (χ0n) is 22.0. The minimum atomic E-state index is -0.882. The van der Waals surface area contributed by atoms with Crippen molar-refractivity contribution in [1.29, 1.82) is 0 Å². The van der Waals surface area contributed by atoms with Crippen molar-refractivity contribution in [2.24, 2.45) is 0 Å². The molecule has 0 aromatic heterocycles. The number of hydrogen-bond donors (Lipinski definition) is 2. The third-order valence-corrected chi connectivity index (χ3v) is 7.04. The number of hydrazine groups is 1. The number of nitrogens with one attached hydrogen (secondary N) is 1. The summed E-state index contributed by atoms with van der Waals surface area (Å²) < 4.78 is 0. The maximum absolute atomic E-state index is 13.9. The maximum atomic E-state index is 13.9. The van der Waals surface area contributed by atoms with Gasteiger partial charge in [-0.05, 0) is 34.9 Å². The van der Waals surface area contributed by atoms with Crippen LogP contribution in [0.1, 0.15) is 16.7 Å². The third-order valence-electron chi connectivity index (χ3n) is 6.67. The van der Waals surface area contributed by atoms with Gasteiger partial charge in [-0.25, -0.2) is 14.8 Å². The zero-order chi connectivity index (χ0) is 27.9. The van der Waals surface area contributed by atoms with Gasteiger partial charge in [-0.2, -0.15) is 0 Å². The number of aromatic hydroxyl groups is 1. The summed E-state index contributed by atoms with van der Waals surface area (Å²) in [5.74, 6) is -0.451. The molecular weight excluding hydrogens is 518 g/mol. The van der Waals surface area contributed by atoms with Gasteiger partial charge in [-0.1, -0.05) is 72.3 Å². The fraction of sp³-hybridized carbons (Fsp3) is 0.276. The van der Waals surface area contributed by atoms with Crippen LogP contribution in [0.4, 0.5) is 4.79 Å². The number of hydrogen-bond acceptors (Lipinski definition) is 5. The standard InChI is InChI=1S/C29H32ClN5O4/c1-32(18-23-10-6-7-11-25(23)30)28(38)26(16-21-12-14-24(36)15-13-21)34-20-35(33(2)19-27(34)37)29(39)31-17-22-8-4-3-5-9-22/h3-15,26,36H,16-20H2,1-2H3,(H,31,39). The molecule has 0 aliphatic carbocycles. The van der Waals surface area contributed by atoms with E-state index in [1.54, 1.807) is 49.4 Å². The van der Waals surface area contributed by atoms with Crippen molar-refractivity contribution in [3.05, 3.63) is 101 Å². The fourth-order valence-electron chi connectivity index (χ4n) is 4.46. The molecule has 4 rings (SSSR count). The lowest BCUT2D eigenvalue weighted by Crippen LogP contribution is -2.65. The summed E-state index contributed by atoms with van der Waals surface area (Å²) in [5.41, 5.74) is 2.49. The molecule has 1 atom stereocenters. The van der Waals surface area contributed by atoms with Crippen molar-refractivity contribution in [3.8, 4) is 5.75 Å². The van der Waals surface area contributed by atoms with Crippen molar-refractivity contribution in [1.82, 2.24) is 25.1 Å². The monoisotopic (exact) mass is 549 g/mol. The van der Waals surface area contributed by atoms with Gasteiger partial charge in [0.2, 0.25) is 11.8 Å². The number of urea groups is 1. The molecule has 1 aliphatic heterocycles. The van der Waals surface area contributed by atoms with Gasteiger partial charge in [-0.3, -0.25) is 9.59 Å². The first-order valence-corrected chi connectivity index (χ1v) is 13.0. The summed E-state index contributed by atoms with van der Waals surface area (Å²) in [6, 6.07) is 22.1. The summed E-state index contributed by atoms with van der Waals surface area (Å²) in [6.07, 6.45) is 0.209. The van der Waals surface area contributed by atoms with E-state index in [9.17, 15) is 19.5 Å². The molecule has 1 heterocycles. The van der Waals surface area contributed by atoms with Gasteiger partial charge in [0.25, 0.3) is 0 Å². The van der Waals surface area contributed by atoms with Crippen molar-refractivity contribution in [2.45, 2.75) is 25.6 Å². The van der Waals surface area contributed by atoms with E-state index in [1.807, 2.05) is 48.5 Å². The normalized spacial score (nSPS) is 14.7. The van der Waals surface area contributed by atoms with Crippen LogP contribution in [0.3, 0.4) is 0 Å². The van der Waals surface area contributed by atoms with Gasteiger partial charge in [0.15, 0.2) is 0 Å². The molecule has 1 unspecified atom stereocenters. The van der Waals surface area contributed by atoms with Crippen LogP contribution >= 0.6 is 11.6 Å². The Morgan fingerprint density at radius 1 is 1.00 bits per heavy atom. The molecule has 0 radical (unpaired) electrons. The Hall–Kier alpha value is -4.08. The highest BCUT2D eigenvalue weighted by molar-refractivity contribution is 6.31. The molecule has 204 valence electrons. The van der Waals surface area contributed by atoms with Crippen LogP contribution in [0.25, 0.3) is 0 Å². The number of carbonyl (C=O) groups is 3. The first-order valence-electron chi connectivity index (χ1n) is 12.6. The van der Waals surface area contributed by atoms with Crippen LogP contribution < -0.4 is 5.32 Å². The molecule has 2 N–H and O–H groups in total. The van der Waals surface area contributed by atoms with E-state index in [-0.39, 0.29) is 49.8 Å². The van der Waals surface area contributed by atoms with Crippen molar-refractivity contribution in [2.75, 3.05) is 27.3 Å². The molecule has 1 fully saturated rings. The molecule has 3 aromatic rings. The van der Waals surface area contributed by atoms with Gasteiger partial charge < -0.3 is 20.2 Å². The minimum Gasteiger partial charge on any atom is -0.508 e. The number of amides is 4. The number of benzene rings is 3. The van der Waals surface area contributed by atoms with E-state index in [0.717, 1.165) is 16.7 Å². The number of rotatable bonds is 8. The molecular formula is C29H32ClN5O4. The number of phenolic OH excluding ortho intramolecular Hbond substituents is 1. The lowest BCUT2D eigenvalue weighted by atomic mass is 10.0. The average Bonchev–Trinajstić information content (AvgIpc) is 2.93. The third kappa shape index (κ3) is 7.07. The van der Waals surface area contributed by atoms with Gasteiger partial charge in [0.1, 0.15) is 18.5 Å². The molecule has 10 heteroatoms. The van der Waals surface area contributed by atoms with Crippen LogP contribution in [0.15, 0.2) is 78.9 Å². The van der Waals surface area contributed by atoms with Crippen LogP contribution in [0.5, 0.6) is 5.75 Å². The zero-order valence-corrected chi connectivity index (χ0v) is 22.7. The Balaban J connectivity index is 1.56. The molecule has 4 amide bonds. The SMILES string of the molecule is CN(Cc1ccccc1Cl)C(=O)C(Cc1ccc(O)cc1)N1CN(C(=O)NCc2ccccc2)N(C)CC1=O. The van der Waals surface area contributed by atoms with Crippen LogP contribution in [-0.4, -0.2) is 76.1 Å². The lowest BCUT2D eigenvalue weighted by Gasteiger charge is -2.44. The van der Waals surface area contributed by atoms with Crippen LogP contribution in [0.2, 0.25) is 5.02 Å². The first kappa shape index (κ1) is 27.9. The van der Waals surface area contributed by atoms with E-state index in [4.69, 9.17) is 11.6 Å². The highest BCUT2D eigenvalue weighted by Gasteiger charge is 2.39. The highest BCUT2D eigenvalue weighted by Crippen LogP contribution is 2.21. The summed E-state index contributed by atoms with van der Waals surface area (Å²) in [4.78, 5) is 43.2. The van der Waals surface area contributed by atoms with Crippen molar-refractivity contribution in [3.63, 3.8) is 0 Å². The quantitative estimate of drug-likeness (QED) is 0.448. The topological polar surface area (TPSA) is 96.4 Å². The van der Waals surface area contributed by atoms with E-state index in [2.05, 4.69) is 5.32 Å².